The molecule has 0 radical (unpaired) electrons. The second-order valence-corrected chi connectivity index (χ2v) is 5.74. The first kappa shape index (κ1) is 16.0. The molecule has 0 atom stereocenters. The van der Waals surface area contributed by atoms with Gasteiger partial charge in [0, 0.05) is 23.8 Å². The van der Waals surface area contributed by atoms with E-state index < -0.39 is 0 Å². The molecule has 1 heterocycles. The van der Waals surface area contributed by atoms with Gasteiger partial charge in [-0.25, -0.2) is 0 Å². The second kappa shape index (κ2) is 6.29. The van der Waals surface area contributed by atoms with Crippen molar-refractivity contribution in [3.8, 4) is 0 Å². The summed E-state index contributed by atoms with van der Waals surface area (Å²) < 4.78 is 0. The second-order valence-electron chi connectivity index (χ2n) is 5.30. The molecule has 0 aromatic heterocycles. The van der Waals surface area contributed by atoms with Gasteiger partial charge in [-0.15, -0.1) is 0 Å². The first-order valence-electron chi connectivity index (χ1n) is 7.17. The fraction of sp³-hybridized carbons (Fsp3) is 0.0556. The quantitative estimate of drug-likeness (QED) is 0.689. The van der Waals surface area contributed by atoms with Crippen LogP contribution in [0, 0.1) is 0 Å². The zero-order valence-electron chi connectivity index (χ0n) is 12.7. The number of anilines is 1. The highest BCUT2D eigenvalue weighted by molar-refractivity contribution is 6.30. The number of hydrogen-bond donors (Lipinski definition) is 1. The van der Waals surface area contributed by atoms with Crippen LogP contribution in [-0.4, -0.2) is 29.7 Å². The first-order valence-corrected chi connectivity index (χ1v) is 7.54. The third-order valence-electron chi connectivity index (χ3n) is 3.65. The fourth-order valence-corrected chi connectivity index (χ4v) is 2.49. The molecule has 2 aromatic carbocycles. The van der Waals surface area contributed by atoms with Gasteiger partial charge < -0.3 is 5.32 Å². The zero-order chi connectivity index (χ0) is 17.3. The Morgan fingerprint density at radius 3 is 2.42 bits per heavy atom. The minimum Gasteiger partial charge on any atom is -0.322 e. The van der Waals surface area contributed by atoms with Crippen molar-refractivity contribution in [2.45, 2.75) is 0 Å². The lowest BCUT2D eigenvalue weighted by Gasteiger charge is -2.04. The molecule has 0 fully saturated rings. The molecule has 1 aliphatic rings. The van der Waals surface area contributed by atoms with Gasteiger partial charge in [-0.05, 0) is 42.0 Å². The molecular formula is C18H13ClN2O3. The molecule has 0 spiro atoms. The maximum atomic E-state index is 12.0. The molecule has 24 heavy (non-hydrogen) atoms. The lowest BCUT2D eigenvalue weighted by atomic mass is 10.1. The van der Waals surface area contributed by atoms with E-state index in [0.29, 0.717) is 21.8 Å². The van der Waals surface area contributed by atoms with E-state index in [1.54, 1.807) is 36.4 Å². The van der Waals surface area contributed by atoms with Gasteiger partial charge in [0.25, 0.3) is 11.8 Å². The van der Waals surface area contributed by atoms with Crippen molar-refractivity contribution < 1.29 is 14.4 Å². The van der Waals surface area contributed by atoms with Crippen LogP contribution < -0.4 is 5.32 Å². The summed E-state index contributed by atoms with van der Waals surface area (Å²) in [5.74, 6) is -1.05. The van der Waals surface area contributed by atoms with E-state index >= 15 is 0 Å². The number of nitrogens with one attached hydrogen (secondary N) is 1. The Hall–Kier alpha value is -2.92. The molecular weight excluding hydrogens is 328 g/mol. The maximum Gasteiger partial charge on any atom is 0.261 e. The summed E-state index contributed by atoms with van der Waals surface area (Å²) >= 11 is 5.80. The Morgan fingerprint density at radius 2 is 1.71 bits per heavy atom. The van der Waals surface area contributed by atoms with E-state index in [1.807, 2.05) is 0 Å². The molecule has 2 aromatic rings. The summed E-state index contributed by atoms with van der Waals surface area (Å²) in [5, 5.41) is 3.29. The number of carbonyl (C=O) groups is 3. The number of benzene rings is 2. The van der Waals surface area contributed by atoms with Crippen molar-refractivity contribution in [2.75, 3.05) is 12.4 Å². The van der Waals surface area contributed by atoms with Crippen molar-refractivity contribution >= 4 is 41.1 Å². The predicted octanol–water partition coefficient (Wildman–Crippen LogP) is 3.22. The number of imide groups is 1. The summed E-state index contributed by atoms with van der Waals surface area (Å²) in [7, 11) is 1.43. The summed E-state index contributed by atoms with van der Waals surface area (Å²) in [4.78, 5) is 36.8. The molecule has 0 aliphatic carbocycles. The highest BCUT2D eigenvalue weighted by Gasteiger charge is 2.32. The number of amides is 3. The molecule has 1 aliphatic heterocycles. The van der Waals surface area contributed by atoms with E-state index in [2.05, 4.69) is 5.32 Å². The van der Waals surface area contributed by atoms with Crippen molar-refractivity contribution in [3.63, 3.8) is 0 Å². The van der Waals surface area contributed by atoms with E-state index in [4.69, 9.17) is 11.6 Å². The molecule has 1 N–H and O–H groups in total. The van der Waals surface area contributed by atoms with Crippen LogP contribution in [0.2, 0.25) is 5.02 Å². The Labute approximate surface area is 143 Å². The van der Waals surface area contributed by atoms with E-state index in [9.17, 15) is 14.4 Å². The van der Waals surface area contributed by atoms with Crippen LogP contribution in [0.1, 0.15) is 26.3 Å². The molecule has 6 heteroatoms. The van der Waals surface area contributed by atoms with Crippen LogP contribution >= 0.6 is 11.6 Å². The van der Waals surface area contributed by atoms with E-state index in [0.717, 1.165) is 10.5 Å². The van der Waals surface area contributed by atoms with Gasteiger partial charge in [0.1, 0.15) is 0 Å². The van der Waals surface area contributed by atoms with Gasteiger partial charge in [-0.1, -0.05) is 23.7 Å². The predicted molar refractivity (Wildman–Crippen MR) is 92.0 cm³/mol. The number of fused-ring (bicyclic) bond motifs is 1. The number of nitrogens with zero attached hydrogens (tertiary/aromatic N) is 1. The Kier molecular flexibility index (Phi) is 4.18. The third-order valence-corrected chi connectivity index (χ3v) is 3.91. The monoisotopic (exact) mass is 340 g/mol. The van der Waals surface area contributed by atoms with Crippen LogP contribution in [0.3, 0.4) is 0 Å². The minimum atomic E-state index is -0.372. The highest BCUT2D eigenvalue weighted by Crippen LogP contribution is 2.24. The Morgan fingerprint density at radius 1 is 1.04 bits per heavy atom. The van der Waals surface area contributed by atoms with E-state index in [-0.39, 0.29) is 17.7 Å². The summed E-state index contributed by atoms with van der Waals surface area (Å²) in [6.45, 7) is 0. The van der Waals surface area contributed by atoms with Gasteiger partial charge in [0.05, 0.1) is 11.1 Å². The average molecular weight is 341 g/mol. The van der Waals surface area contributed by atoms with Crippen molar-refractivity contribution in [1.82, 2.24) is 4.90 Å². The molecule has 3 rings (SSSR count). The molecule has 0 bridgehead atoms. The van der Waals surface area contributed by atoms with Crippen molar-refractivity contribution in [3.05, 3.63) is 70.3 Å². The van der Waals surface area contributed by atoms with Crippen LogP contribution in [0.5, 0.6) is 0 Å². The van der Waals surface area contributed by atoms with Gasteiger partial charge in [-0.2, -0.15) is 0 Å². The summed E-state index contributed by atoms with van der Waals surface area (Å²) in [6, 6.07) is 11.7. The van der Waals surface area contributed by atoms with Crippen LogP contribution in [0.15, 0.2) is 48.5 Å². The zero-order valence-corrected chi connectivity index (χ0v) is 13.5. The van der Waals surface area contributed by atoms with Gasteiger partial charge in [0.2, 0.25) is 5.91 Å². The fourth-order valence-electron chi connectivity index (χ4n) is 2.37. The SMILES string of the molecule is CN1C(=O)c2ccc(NC(=O)C=Cc3ccc(Cl)cc3)cc2C1=O. The van der Waals surface area contributed by atoms with E-state index in [1.165, 1.54) is 25.3 Å². The topological polar surface area (TPSA) is 66.5 Å². The third kappa shape index (κ3) is 3.07. The van der Waals surface area contributed by atoms with Gasteiger partial charge in [0.15, 0.2) is 0 Å². The maximum absolute atomic E-state index is 12.0. The summed E-state index contributed by atoms with van der Waals surface area (Å²) in [5.41, 5.74) is 1.93. The van der Waals surface area contributed by atoms with Crippen molar-refractivity contribution in [2.24, 2.45) is 0 Å². The number of rotatable bonds is 3. The normalized spacial score (nSPS) is 13.5. The Bertz CT molecular complexity index is 872. The Balaban J connectivity index is 1.73. The standard InChI is InChI=1S/C18H13ClN2O3/c1-21-17(23)14-8-7-13(10-15(14)18(21)24)20-16(22)9-4-11-2-5-12(19)6-3-11/h2-10H,1H3,(H,20,22). The van der Waals surface area contributed by atoms with Crippen LogP contribution in [0.4, 0.5) is 5.69 Å². The molecule has 0 saturated heterocycles. The molecule has 120 valence electrons. The van der Waals surface area contributed by atoms with Crippen LogP contribution in [-0.2, 0) is 4.79 Å². The number of hydrogen-bond acceptors (Lipinski definition) is 3. The molecule has 5 nitrogen and oxygen atoms in total. The lowest BCUT2D eigenvalue weighted by Crippen LogP contribution is -2.24. The van der Waals surface area contributed by atoms with Crippen LogP contribution in [0.25, 0.3) is 6.08 Å². The van der Waals surface area contributed by atoms with Gasteiger partial charge >= 0.3 is 0 Å². The van der Waals surface area contributed by atoms with Crippen molar-refractivity contribution in [1.29, 1.82) is 0 Å². The lowest BCUT2D eigenvalue weighted by molar-refractivity contribution is -0.111. The van der Waals surface area contributed by atoms with Gasteiger partial charge in [-0.3, -0.25) is 19.3 Å². The number of halogens is 1. The molecule has 0 unspecified atom stereocenters. The molecule has 3 amide bonds. The average Bonchev–Trinajstić information content (AvgIpc) is 2.79. The minimum absolute atomic E-state index is 0.294. The largest absolute Gasteiger partial charge is 0.322 e. The molecule has 0 saturated carbocycles. The number of carbonyl (C=O) groups excluding carboxylic acids is 3. The first-order chi connectivity index (χ1) is 11.5. The highest BCUT2D eigenvalue weighted by atomic mass is 35.5. The smallest absolute Gasteiger partial charge is 0.261 e. The summed E-state index contributed by atoms with van der Waals surface area (Å²) in [6.07, 6.45) is 3.04.